The molecule has 6 nitrogen and oxygen atoms in total. The molecule has 26 heavy (non-hydrogen) atoms. The fourth-order valence-electron chi connectivity index (χ4n) is 2.84. The fraction of sp³-hybridized carbons (Fsp3) is 0.684. The van der Waals surface area contributed by atoms with E-state index >= 15 is 0 Å². The van der Waals surface area contributed by atoms with Crippen LogP contribution in [0.4, 0.5) is 0 Å². The van der Waals surface area contributed by atoms with E-state index in [9.17, 15) is 8.42 Å². The van der Waals surface area contributed by atoms with Crippen LogP contribution >= 0.6 is 0 Å². The lowest BCUT2D eigenvalue weighted by Crippen LogP contribution is -2.39. The predicted octanol–water partition coefficient (Wildman–Crippen LogP) is 3.26. The van der Waals surface area contributed by atoms with Gasteiger partial charge in [-0.15, -0.1) is 0 Å². The molecule has 1 aliphatic heterocycles. The van der Waals surface area contributed by atoms with Crippen LogP contribution in [0.3, 0.4) is 0 Å². The summed E-state index contributed by atoms with van der Waals surface area (Å²) in [6.07, 6.45) is 1.77. The van der Waals surface area contributed by atoms with Crippen LogP contribution in [0.1, 0.15) is 47.5 Å². The number of nitrogens with two attached hydrogens (primary N) is 1. The summed E-state index contributed by atoms with van der Waals surface area (Å²) in [4.78, 5) is 0.239. The standard InChI is InChI=1S/C17H28N2O4S.C2H6/c1-4-19(13-17(2,3)8-5-9-18)24(20,21)14-6-7-15-16(12-14)23-11-10-22-15;1-2/h6-7,12H,4-5,8-11,13,18H2,1-3H3;1-2H3. The van der Waals surface area contributed by atoms with Crippen LogP contribution < -0.4 is 15.2 Å². The topological polar surface area (TPSA) is 81.9 Å². The summed E-state index contributed by atoms with van der Waals surface area (Å²) in [6.45, 7) is 12.4. The quantitative estimate of drug-likeness (QED) is 0.741. The molecule has 1 aromatic carbocycles. The van der Waals surface area contributed by atoms with E-state index in [2.05, 4.69) is 13.8 Å². The van der Waals surface area contributed by atoms with E-state index in [0.29, 0.717) is 44.3 Å². The van der Waals surface area contributed by atoms with Gasteiger partial charge in [-0.05, 0) is 36.9 Å². The number of nitrogens with zero attached hydrogens (tertiary/aromatic N) is 1. The molecule has 0 spiro atoms. The summed E-state index contributed by atoms with van der Waals surface area (Å²) in [5, 5.41) is 0. The van der Waals surface area contributed by atoms with Crippen molar-refractivity contribution in [3.8, 4) is 11.5 Å². The van der Waals surface area contributed by atoms with Crippen LogP contribution in [0.15, 0.2) is 23.1 Å². The van der Waals surface area contributed by atoms with Gasteiger partial charge in [0.25, 0.3) is 0 Å². The molecule has 0 bridgehead atoms. The van der Waals surface area contributed by atoms with E-state index in [1.54, 1.807) is 18.2 Å². The van der Waals surface area contributed by atoms with Crippen molar-refractivity contribution in [2.24, 2.45) is 11.1 Å². The van der Waals surface area contributed by atoms with Gasteiger partial charge in [0.15, 0.2) is 11.5 Å². The number of hydrogen-bond acceptors (Lipinski definition) is 5. The van der Waals surface area contributed by atoms with Crippen LogP contribution in [0.2, 0.25) is 0 Å². The highest BCUT2D eigenvalue weighted by Crippen LogP contribution is 2.34. The molecule has 150 valence electrons. The first-order valence-corrected chi connectivity index (χ1v) is 10.8. The van der Waals surface area contributed by atoms with Gasteiger partial charge >= 0.3 is 0 Å². The number of benzene rings is 1. The van der Waals surface area contributed by atoms with Crippen molar-refractivity contribution < 1.29 is 17.9 Å². The van der Waals surface area contributed by atoms with Gasteiger partial charge in [0, 0.05) is 19.2 Å². The molecule has 0 fully saturated rings. The van der Waals surface area contributed by atoms with Crippen LogP contribution in [0, 0.1) is 5.41 Å². The smallest absolute Gasteiger partial charge is 0.243 e. The van der Waals surface area contributed by atoms with Gasteiger partial charge in [0.05, 0.1) is 4.90 Å². The van der Waals surface area contributed by atoms with Crippen LogP contribution in [-0.4, -0.2) is 45.6 Å². The Morgan fingerprint density at radius 2 is 1.77 bits per heavy atom. The molecule has 7 heteroatoms. The minimum atomic E-state index is -3.58. The number of fused-ring (bicyclic) bond motifs is 1. The second-order valence-corrected chi connectivity index (χ2v) is 8.73. The Kier molecular flexibility index (Phi) is 8.86. The van der Waals surface area contributed by atoms with Crippen molar-refractivity contribution in [2.75, 3.05) is 32.8 Å². The lowest BCUT2D eigenvalue weighted by Gasteiger charge is -2.31. The largest absolute Gasteiger partial charge is 0.486 e. The monoisotopic (exact) mass is 386 g/mol. The summed E-state index contributed by atoms with van der Waals surface area (Å²) < 4.78 is 38.5. The fourth-order valence-corrected chi connectivity index (χ4v) is 4.49. The van der Waals surface area contributed by atoms with Gasteiger partial charge in [-0.3, -0.25) is 0 Å². The van der Waals surface area contributed by atoms with Gasteiger partial charge in [0.2, 0.25) is 10.0 Å². The maximum Gasteiger partial charge on any atom is 0.243 e. The van der Waals surface area contributed by atoms with Crippen molar-refractivity contribution >= 4 is 10.0 Å². The van der Waals surface area contributed by atoms with E-state index in [4.69, 9.17) is 15.2 Å². The number of hydrogen-bond donors (Lipinski definition) is 1. The molecule has 0 aliphatic carbocycles. The molecule has 0 unspecified atom stereocenters. The molecule has 2 rings (SSSR count). The zero-order valence-electron chi connectivity index (χ0n) is 16.7. The third-order valence-electron chi connectivity index (χ3n) is 4.17. The number of sulfonamides is 1. The SMILES string of the molecule is CC.CCN(CC(C)(C)CCCN)S(=O)(=O)c1ccc2c(c1)OCCO2. The first-order chi connectivity index (χ1) is 12.3. The highest BCUT2D eigenvalue weighted by molar-refractivity contribution is 7.89. The van der Waals surface area contributed by atoms with Crippen molar-refractivity contribution in [1.82, 2.24) is 4.31 Å². The van der Waals surface area contributed by atoms with Gasteiger partial charge in [-0.25, -0.2) is 8.42 Å². The highest BCUT2D eigenvalue weighted by atomic mass is 32.2. The molecule has 0 saturated carbocycles. The van der Waals surface area contributed by atoms with E-state index in [-0.39, 0.29) is 10.3 Å². The van der Waals surface area contributed by atoms with Crippen molar-refractivity contribution in [3.63, 3.8) is 0 Å². The molecule has 2 N–H and O–H groups in total. The molecule has 0 amide bonds. The lowest BCUT2D eigenvalue weighted by molar-refractivity contribution is 0.171. The van der Waals surface area contributed by atoms with Crippen LogP contribution in [0.25, 0.3) is 0 Å². The van der Waals surface area contributed by atoms with Gasteiger partial charge in [-0.1, -0.05) is 34.6 Å². The van der Waals surface area contributed by atoms with Crippen LogP contribution in [-0.2, 0) is 10.0 Å². The van der Waals surface area contributed by atoms with Crippen molar-refractivity contribution in [2.45, 2.75) is 52.4 Å². The first-order valence-electron chi connectivity index (χ1n) is 9.40. The molecule has 0 atom stereocenters. The second kappa shape index (κ2) is 10.1. The van der Waals surface area contributed by atoms with Crippen LogP contribution in [0.5, 0.6) is 11.5 Å². The molecule has 0 saturated heterocycles. The maximum absolute atomic E-state index is 13.0. The minimum absolute atomic E-state index is 0.129. The van der Waals surface area contributed by atoms with E-state index in [1.807, 2.05) is 20.8 Å². The van der Waals surface area contributed by atoms with Crippen molar-refractivity contribution in [3.05, 3.63) is 18.2 Å². The average molecular weight is 387 g/mol. The zero-order chi connectivity index (χ0) is 19.8. The summed E-state index contributed by atoms with van der Waals surface area (Å²) in [7, 11) is -3.58. The Balaban J connectivity index is 0.00000163. The molecular formula is C19H34N2O4S. The Morgan fingerprint density at radius 3 is 2.35 bits per heavy atom. The van der Waals surface area contributed by atoms with E-state index in [0.717, 1.165) is 12.8 Å². The van der Waals surface area contributed by atoms with Gasteiger partial charge < -0.3 is 15.2 Å². The Morgan fingerprint density at radius 1 is 1.15 bits per heavy atom. The normalized spacial score (nSPS) is 14.0. The molecule has 1 aromatic rings. The predicted molar refractivity (Wildman–Crippen MR) is 105 cm³/mol. The highest BCUT2D eigenvalue weighted by Gasteiger charge is 2.30. The molecule has 0 radical (unpaired) electrons. The lowest BCUT2D eigenvalue weighted by atomic mass is 9.88. The molecule has 0 aromatic heterocycles. The van der Waals surface area contributed by atoms with E-state index < -0.39 is 10.0 Å². The zero-order valence-corrected chi connectivity index (χ0v) is 17.6. The minimum Gasteiger partial charge on any atom is -0.486 e. The summed E-state index contributed by atoms with van der Waals surface area (Å²) in [5.74, 6) is 1.08. The molecule has 1 heterocycles. The summed E-state index contributed by atoms with van der Waals surface area (Å²) in [6, 6.07) is 4.80. The number of rotatable bonds is 8. The third-order valence-corrected chi connectivity index (χ3v) is 6.08. The summed E-state index contributed by atoms with van der Waals surface area (Å²) >= 11 is 0. The Labute approximate surface area is 158 Å². The second-order valence-electron chi connectivity index (χ2n) is 6.79. The molecular weight excluding hydrogens is 352 g/mol. The third kappa shape index (κ3) is 5.86. The van der Waals surface area contributed by atoms with Gasteiger partial charge in [-0.2, -0.15) is 4.31 Å². The molecule has 1 aliphatic rings. The summed E-state index contributed by atoms with van der Waals surface area (Å²) in [5.41, 5.74) is 5.45. The first kappa shape index (κ1) is 22.7. The Bertz CT molecular complexity index is 660. The number of ether oxygens (including phenoxy) is 2. The van der Waals surface area contributed by atoms with Crippen molar-refractivity contribution in [1.29, 1.82) is 0 Å². The van der Waals surface area contributed by atoms with Gasteiger partial charge in [0.1, 0.15) is 13.2 Å². The average Bonchev–Trinajstić information content (AvgIpc) is 2.65. The van der Waals surface area contributed by atoms with E-state index in [1.165, 1.54) is 4.31 Å². The maximum atomic E-state index is 13.0. The Hall–Kier alpha value is -1.31.